The molecule has 0 unspecified atom stereocenters. The van der Waals surface area contributed by atoms with E-state index in [1.165, 1.54) is 31.3 Å². The van der Waals surface area contributed by atoms with Crippen molar-refractivity contribution in [3.05, 3.63) is 63.5 Å². The normalized spacial score (nSPS) is 13.7. The molecule has 1 N–H and O–H groups in total. The molecule has 0 radical (unpaired) electrons. The van der Waals surface area contributed by atoms with Gasteiger partial charge in [0.1, 0.15) is 5.75 Å². The van der Waals surface area contributed by atoms with Crippen LogP contribution in [0.25, 0.3) is 6.08 Å². The molecular formula is C20H19ClF2N2O4S. The number of hydrogen-bond acceptors (Lipinski definition) is 4. The first-order valence-corrected chi connectivity index (χ1v) is 10.8. The molecule has 30 heavy (non-hydrogen) atoms. The van der Waals surface area contributed by atoms with Crippen molar-refractivity contribution in [2.45, 2.75) is 19.5 Å². The maximum Gasteiger partial charge on any atom is 0.387 e. The lowest BCUT2D eigenvalue weighted by Gasteiger charge is -2.22. The number of allylic oxidation sites excluding steroid dienone is 1. The van der Waals surface area contributed by atoms with Crippen LogP contribution in [-0.2, 0) is 21.2 Å². The van der Waals surface area contributed by atoms with E-state index in [-0.39, 0.29) is 23.6 Å². The Labute approximate surface area is 178 Å². The Morgan fingerprint density at radius 1 is 1.23 bits per heavy atom. The zero-order valence-electron chi connectivity index (χ0n) is 15.9. The minimum Gasteiger partial charge on any atom is -0.435 e. The van der Waals surface area contributed by atoms with Gasteiger partial charge in [-0.3, -0.25) is 4.79 Å². The summed E-state index contributed by atoms with van der Waals surface area (Å²) < 4.78 is 55.9. The van der Waals surface area contributed by atoms with Crippen LogP contribution in [0.15, 0.2) is 47.4 Å². The minimum absolute atomic E-state index is 0.0248. The van der Waals surface area contributed by atoms with Crippen molar-refractivity contribution in [1.82, 2.24) is 4.31 Å². The minimum atomic E-state index is -3.88. The molecule has 1 amide bonds. The van der Waals surface area contributed by atoms with Crippen LogP contribution in [0, 0.1) is 0 Å². The molecule has 6 nitrogen and oxygen atoms in total. The van der Waals surface area contributed by atoms with Crippen LogP contribution in [0.3, 0.4) is 0 Å². The molecule has 0 heterocycles. The topological polar surface area (TPSA) is 75.7 Å². The van der Waals surface area contributed by atoms with Gasteiger partial charge in [-0.15, -0.1) is 0 Å². The van der Waals surface area contributed by atoms with Crippen molar-refractivity contribution in [2.24, 2.45) is 0 Å². The molecule has 1 aliphatic rings. The van der Waals surface area contributed by atoms with E-state index in [4.69, 9.17) is 11.6 Å². The number of likely N-dealkylation sites (N-methyl/N-ethyl adjacent to an activating group) is 1. The summed E-state index contributed by atoms with van der Waals surface area (Å²) >= 11 is 6.00. The fourth-order valence-corrected chi connectivity index (χ4v) is 4.57. The average Bonchev–Trinajstić information content (AvgIpc) is 2.68. The standard InChI is InChI=1S/C20H19ClF2N2O4S/c1-25(12-19(26)24-18-5-3-2-4-17(18)21)30(27,28)16-9-7-13-10-15(29-20(22)23)8-6-14(13)11-16/h2-6,8,10-11,20H,7,9,12H2,1H3,(H,24,26). The Morgan fingerprint density at radius 3 is 2.67 bits per heavy atom. The number of halogens is 3. The number of carbonyl (C=O) groups excluding carboxylic acids is 1. The summed E-state index contributed by atoms with van der Waals surface area (Å²) in [5.74, 6) is -0.503. The van der Waals surface area contributed by atoms with Gasteiger partial charge in [0.25, 0.3) is 0 Å². The maximum absolute atomic E-state index is 12.9. The Hall–Kier alpha value is -2.49. The van der Waals surface area contributed by atoms with Gasteiger partial charge in [0.05, 0.1) is 22.2 Å². The molecule has 10 heteroatoms. The summed E-state index contributed by atoms with van der Waals surface area (Å²) in [6.45, 7) is -3.32. The molecule has 2 aromatic rings. The molecule has 2 aromatic carbocycles. The summed E-state index contributed by atoms with van der Waals surface area (Å²) in [4.78, 5) is 12.4. The van der Waals surface area contributed by atoms with Gasteiger partial charge in [0, 0.05) is 7.05 Å². The zero-order valence-corrected chi connectivity index (χ0v) is 17.5. The molecule has 0 saturated heterocycles. The van der Waals surface area contributed by atoms with E-state index >= 15 is 0 Å². The fourth-order valence-electron chi connectivity index (χ4n) is 3.06. The molecule has 1 aliphatic carbocycles. The van der Waals surface area contributed by atoms with Gasteiger partial charge in [-0.2, -0.15) is 13.1 Å². The second-order valence-electron chi connectivity index (χ2n) is 6.64. The third-order valence-corrected chi connectivity index (χ3v) is 6.82. The van der Waals surface area contributed by atoms with Gasteiger partial charge >= 0.3 is 6.61 Å². The third kappa shape index (κ3) is 5.16. The lowest BCUT2D eigenvalue weighted by molar-refractivity contribution is -0.116. The van der Waals surface area contributed by atoms with Crippen LogP contribution < -0.4 is 10.1 Å². The Bertz CT molecular complexity index is 1090. The quantitative estimate of drug-likeness (QED) is 0.679. The molecule has 3 rings (SSSR count). The van der Waals surface area contributed by atoms with Gasteiger partial charge in [-0.25, -0.2) is 8.42 Å². The number of amides is 1. The number of carbonyl (C=O) groups is 1. The van der Waals surface area contributed by atoms with Crippen LogP contribution in [0.4, 0.5) is 14.5 Å². The van der Waals surface area contributed by atoms with E-state index in [9.17, 15) is 22.0 Å². The number of benzene rings is 2. The number of sulfonamides is 1. The molecule has 0 atom stereocenters. The number of ether oxygens (including phenoxy) is 1. The Morgan fingerprint density at radius 2 is 1.97 bits per heavy atom. The maximum atomic E-state index is 12.9. The monoisotopic (exact) mass is 456 g/mol. The molecule has 0 saturated carbocycles. The van der Waals surface area contributed by atoms with E-state index in [2.05, 4.69) is 10.1 Å². The number of aryl methyl sites for hydroxylation is 1. The van der Waals surface area contributed by atoms with Crippen LogP contribution >= 0.6 is 11.6 Å². The summed E-state index contributed by atoms with van der Waals surface area (Å²) in [6, 6.07) is 11.0. The highest BCUT2D eigenvalue weighted by Gasteiger charge is 2.28. The summed E-state index contributed by atoms with van der Waals surface area (Å²) in [5.41, 5.74) is 1.71. The van der Waals surface area contributed by atoms with Crippen LogP contribution in [0.2, 0.25) is 5.02 Å². The van der Waals surface area contributed by atoms with Gasteiger partial charge in [-0.05, 0) is 54.3 Å². The summed E-state index contributed by atoms with van der Waals surface area (Å²) in [7, 11) is -2.57. The smallest absolute Gasteiger partial charge is 0.387 e. The Kier molecular flexibility index (Phi) is 6.74. The second kappa shape index (κ2) is 9.11. The van der Waals surface area contributed by atoms with E-state index < -0.39 is 22.5 Å². The predicted octanol–water partition coefficient (Wildman–Crippen LogP) is 4.13. The number of hydrogen-bond donors (Lipinski definition) is 1. The highest BCUT2D eigenvalue weighted by molar-refractivity contribution is 7.93. The molecular weight excluding hydrogens is 438 g/mol. The van der Waals surface area contributed by atoms with Crippen LogP contribution in [-0.4, -0.2) is 38.8 Å². The molecule has 0 aliphatic heterocycles. The molecule has 0 spiro atoms. The van der Waals surface area contributed by atoms with Gasteiger partial charge < -0.3 is 10.1 Å². The highest BCUT2D eigenvalue weighted by Crippen LogP contribution is 2.31. The van der Waals surface area contributed by atoms with Crippen molar-refractivity contribution in [3.63, 3.8) is 0 Å². The van der Waals surface area contributed by atoms with E-state index in [1.807, 2.05) is 0 Å². The zero-order chi connectivity index (χ0) is 21.9. The van der Waals surface area contributed by atoms with Crippen molar-refractivity contribution in [3.8, 4) is 5.75 Å². The molecule has 0 fully saturated rings. The van der Waals surface area contributed by atoms with E-state index in [0.717, 1.165) is 4.31 Å². The van der Waals surface area contributed by atoms with Crippen LogP contribution in [0.5, 0.6) is 5.75 Å². The molecule has 0 aromatic heterocycles. The predicted molar refractivity (Wildman–Crippen MR) is 111 cm³/mol. The van der Waals surface area contributed by atoms with Crippen molar-refractivity contribution in [1.29, 1.82) is 0 Å². The lowest BCUT2D eigenvalue weighted by Crippen LogP contribution is -2.36. The third-order valence-electron chi connectivity index (χ3n) is 4.55. The summed E-state index contributed by atoms with van der Waals surface area (Å²) in [5, 5.41) is 2.93. The molecule has 160 valence electrons. The number of para-hydroxylation sites is 1. The van der Waals surface area contributed by atoms with Gasteiger partial charge in [-0.1, -0.05) is 29.8 Å². The number of fused-ring (bicyclic) bond motifs is 1. The van der Waals surface area contributed by atoms with Crippen molar-refractivity contribution < 1.29 is 26.7 Å². The van der Waals surface area contributed by atoms with Crippen molar-refractivity contribution >= 4 is 39.3 Å². The Balaban J connectivity index is 1.72. The van der Waals surface area contributed by atoms with Gasteiger partial charge in [0.2, 0.25) is 15.9 Å². The molecule has 0 bridgehead atoms. The first-order chi connectivity index (χ1) is 14.2. The number of alkyl halides is 2. The lowest BCUT2D eigenvalue weighted by atomic mass is 9.97. The van der Waals surface area contributed by atoms with Gasteiger partial charge in [0.15, 0.2) is 0 Å². The first kappa shape index (κ1) is 22.2. The largest absolute Gasteiger partial charge is 0.435 e. The second-order valence-corrected chi connectivity index (χ2v) is 9.14. The van der Waals surface area contributed by atoms with Crippen molar-refractivity contribution in [2.75, 3.05) is 18.9 Å². The summed E-state index contributed by atoms with van der Waals surface area (Å²) in [6.07, 6.45) is 2.02. The van der Waals surface area contributed by atoms with E-state index in [0.29, 0.717) is 28.3 Å². The SMILES string of the molecule is CN(CC(=O)Nc1ccccc1Cl)S(=O)(=O)C1=Cc2ccc(OC(F)F)cc2CC1. The highest BCUT2D eigenvalue weighted by atomic mass is 35.5. The van der Waals surface area contributed by atoms with Crippen LogP contribution in [0.1, 0.15) is 17.5 Å². The number of rotatable bonds is 7. The number of nitrogens with one attached hydrogen (secondary N) is 1. The van der Waals surface area contributed by atoms with E-state index in [1.54, 1.807) is 24.3 Å². The fraction of sp³-hybridized carbons (Fsp3) is 0.250. The number of nitrogens with zero attached hydrogens (tertiary/aromatic N) is 1. The first-order valence-electron chi connectivity index (χ1n) is 8.96. The average molecular weight is 457 g/mol. The number of anilines is 1.